The second-order valence-corrected chi connectivity index (χ2v) is 8.61. The second kappa shape index (κ2) is 7.97. The van der Waals surface area contributed by atoms with E-state index in [0.29, 0.717) is 17.4 Å². The number of benzene rings is 3. The van der Waals surface area contributed by atoms with Crippen molar-refractivity contribution in [3.05, 3.63) is 92.9 Å². The molecule has 2 aliphatic heterocycles. The Balaban J connectivity index is 1.54. The summed E-state index contributed by atoms with van der Waals surface area (Å²) in [7, 11) is 0. The minimum absolute atomic E-state index is 0.115. The van der Waals surface area contributed by atoms with Gasteiger partial charge >= 0.3 is 0 Å². The highest BCUT2D eigenvalue weighted by Crippen LogP contribution is 2.47. The van der Waals surface area contributed by atoms with Crippen LogP contribution in [0.5, 0.6) is 11.5 Å². The zero-order valence-corrected chi connectivity index (χ0v) is 18.7. The van der Waals surface area contributed by atoms with Crippen molar-refractivity contribution >= 4 is 33.2 Å². The van der Waals surface area contributed by atoms with E-state index in [1.54, 1.807) is 0 Å². The highest BCUT2D eigenvalue weighted by atomic mass is 79.9. The van der Waals surface area contributed by atoms with Crippen LogP contribution in [-0.2, 0) is 0 Å². The van der Waals surface area contributed by atoms with Crippen LogP contribution in [0.1, 0.15) is 42.3 Å². The van der Waals surface area contributed by atoms with E-state index in [2.05, 4.69) is 39.1 Å². The van der Waals surface area contributed by atoms with Crippen molar-refractivity contribution in [1.82, 2.24) is 5.01 Å². The van der Waals surface area contributed by atoms with E-state index in [1.165, 1.54) is 0 Å². The Morgan fingerprint density at radius 3 is 2.70 bits per heavy atom. The van der Waals surface area contributed by atoms with Gasteiger partial charge in [-0.2, -0.15) is 5.10 Å². The molecule has 3 aromatic rings. The summed E-state index contributed by atoms with van der Waals surface area (Å²) in [5, 5.41) is 7.66. The first kappa shape index (κ1) is 19.5. The Morgan fingerprint density at radius 1 is 1.13 bits per heavy atom. The molecule has 0 saturated carbocycles. The highest BCUT2D eigenvalue weighted by molar-refractivity contribution is 9.10. The molecule has 0 amide bonds. The fraction of sp³-hybridized carbons (Fsp3) is 0.208. The SMILES string of the molecule is CCOc1ccc(C2=NN3[C@H](C2)c2ccccc2O[C@@H]3c2ccc(Br)cc2)cc1Cl. The van der Waals surface area contributed by atoms with Crippen LogP contribution in [0.2, 0.25) is 5.02 Å². The van der Waals surface area contributed by atoms with Crippen LogP contribution in [0.25, 0.3) is 0 Å². The Kier molecular flexibility index (Phi) is 5.17. The minimum atomic E-state index is -0.284. The number of rotatable bonds is 4. The predicted octanol–water partition coefficient (Wildman–Crippen LogP) is 6.74. The largest absolute Gasteiger partial charge is 0.492 e. The first-order chi connectivity index (χ1) is 14.6. The van der Waals surface area contributed by atoms with Gasteiger partial charge < -0.3 is 9.47 Å². The lowest BCUT2D eigenvalue weighted by Gasteiger charge is -2.38. The number of halogens is 2. The third-order valence-corrected chi connectivity index (χ3v) is 6.24. The van der Waals surface area contributed by atoms with Crippen LogP contribution in [-0.4, -0.2) is 17.3 Å². The van der Waals surface area contributed by atoms with E-state index in [-0.39, 0.29) is 12.3 Å². The van der Waals surface area contributed by atoms with Crippen molar-refractivity contribution < 1.29 is 9.47 Å². The molecule has 4 nitrogen and oxygen atoms in total. The first-order valence-corrected chi connectivity index (χ1v) is 11.1. The maximum absolute atomic E-state index is 6.44. The number of nitrogens with zero attached hydrogens (tertiary/aromatic N) is 2. The number of fused-ring (bicyclic) bond motifs is 3. The molecule has 6 heteroatoms. The average Bonchev–Trinajstić information content (AvgIpc) is 3.21. The molecule has 2 aliphatic rings. The molecule has 30 heavy (non-hydrogen) atoms. The summed E-state index contributed by atoms with van der Waals surface area (Å²) in [5.74, 6) is 1.61. The maximum atomic E-state index is 6.44. The number of hydrogen-bond donors (Lipinski definition) is 0. The maximum Gasteiger partial charge on any atom is 0.213 e. The van der Waals surface area contributed by atoms with Crippen LogP contribution in [0.4, 0.5) is 0 Å². The molecule has 2 heterocycles. The molecule has 0 unspecified atom stereocenters. The fourth-order valence-corrected chi connectivity index (χ4v) is 4.51. The molecule has 0 aliphatic carbocycles. The summed E-state index contributed by atoms with van der Waals surface area (Å²) >= 11 is 9.95. The molecular weight excluding hydrogens is 464 g/mol. The van der Waals surface area contributed by atoms with Gasteiger partial charge in [0.1, 0.15) is 11.5 Å². The zero-order chi connectivity index (χ0) is 20.7. The molecule has 152 valence electrons. The number of ether oxygens (including phenoxy) is 2. The Bertz CT molecular complexity index is 1120. The van der Waals surface area contributed by atoms with Crippen LogP contribution >= 0.6 is 27.5 Å². The van der Waals surface area contributed by atoms with E-state index in [1.807, 2.05) is 55.5 Å². The smallest absolute Gasteiger partial charge is 0.213 e. The molecule has 0 bridgehead atoms. The van der Waals surface area contributed by atoms with E-state index in [0.717, 1.165) is 39.0 Å². The topological polar surface area (TPSA) is 34.1 Å². The van der Waals surface area contributed by atoms with Crippen molar-refractivity contribution in [2.24, 2.45) is 5.10 Å². The third kappa shape index (κ3) is 3.46. The zero-order valence-electron chi connectivity index (χ0n) is 16.4. The Morgan fingerprint density at radius 2 is 1.93 bits per heavy atom. The van der Waals surface area contributed by atoms with E-state index < -0.39 is 0 Å². The summed E-state index contributed by atoms with van der Waals surface area (Å²) in [6.07, 6.45) is 0.506. The van der Waals surface area contributed by atoms with Gasteiger partial charge in [0.25, 0.3) is 0 Å². The summed E-state index contributed by atoms with van der Waals surface area (Å²) in [6, 6.07) is 22.4. The lowest BCUT2D eigenvalue weighted by atomic mass is 9.96. The van der Waals surface area contributed by atoms with Crippen molar-refractivity contribution in [2.45, 2.75) is 25.6 Å². The van der Waals surface area contributed by atoms with Crippen molar-refractivity contribution in [3.63, 3.8) is 0 Å². The molecule has 0 fully saturated rings. The van der Waals surface area contributed by atoms with Gasteiger partial charge in [-0.15, -0.1) is 0 Å². The summed E-state index contributed by atoms with van der Waals surface area (Å²) < 4.78 is 13.0. The normalized spacial score (nSPS) is 19.6. The fourth-order valence-electron chi connectivity index (χ4n) is 4.01. The summed E-state index contributed by atoms with van der Waals surface area (Å²) in [6.45, 7) is 2.53. The van der Waals surface area contributed by atoms with Crippen LogP contribution in [0.15, 0.2) is 76.3 Å². The highest BCUT2D eigenvalue weighted by Gasteiger charge is 2.40. The molecule has 0 radical (unpaired) electrons. The monoisotopic (exact) mass is 482 g/mol. The lowest BCUT2D eigenvalue weighted by molar-refractivity contribution is -0.0190. The Labute approximate surface area is 189 Å². The second-order valence-electron chi connectivity index (χ2n) is 7.28. The quantitative estimate of drug-likeness (QED) is 0.412. The van der Waals surface area contributed by atoms with Crippen molar-refractivity contribution in [1.29, 1.82) is 0 Å². The first-order valence-electron chi connectivity index (χ1n) is 9.93. The molecule has 0 N–H and O–H groups in total. The summed E-state index contributed by atoms with van der Waals surface area (Å²) in [5.41, 5.74) is 4.21. The van der Waals surface area contributed by atoms with Gasteiger partial charge in [-0.05, 0) is 48.9 Å². The molecule has 0 saturated heterocycles. The lowest BCUT2D eigenvalue weighted by Crippen LogP contribution is -2.33. The van der Waals surface area contributed by atoms with E-state index in [9.17, 15) is 0 Å². The number of hydrazone groups is 1. The predicted molar refractivity (Wildman–Crippen MR) is 122 cm³/mol. The van der Waals surface area contributed by atoms with Crippen molar-refractivity contribution in [2.75, 3.05) is 6.61 Å². The standard InChI is InChI=1S/C24H20BrClN2O2/c1-2-29-23-12-9-16(13-19(23)26)20-14-21-18-5-3-4-6-22(18)30-24(28(21)27-20)15-7-10-17(25)11-8-15/h3-13,21,24H,2,14H2,1H3/t21-,24-/m1/s1. The average molecular weight is 484 g/mol. The van der Waals surface area contributed by atoms with Crippen LogP contribution < -0.4 is 9.47 Å². The third-order valence-electron chi connectivity index (χ3n) is 5.42. The molecule has 3 aromatic carbocycles. The van der Waals surface area contributed by atoms with Gasteiger partial charge in [0, 0.05) is 22.0 Å². The van der Waals surface area contributed by atoms with Crippen LogP contribution in [0.3, 0.4) is 0 Å². The molecule has 0 spiro atoms. The molecule has 5 rings (SSSR count). The number of para-hydroxylation sites is 1. The van der Waals surface area contributed by atoms with Gasteiger partial charge in [0.15, 0.2) is 0 Å². The molecular formula is C24H20BrClN2O2. The van der Waals surface area contributed by atoms with Gasteiger partial charge in [-0.1, -0.05) is 57.9 Å². The van der Waals surface area contributed by atoms with Crippen molar-refractivity contribution in [3.8, 4) is 11.5 Å². The van der Waals surface area contributed by atoms with Gasteiger partial charge in [-0.3, -0.25) is 0 Å². The van der Waals surface area contributed by atoms with Gasteiger partial charge in [0.05, 0.1) is 23.4 Å². The van der Waals surface area contributed by atoms with Crippen LogP contribution in [0, 0.1) is 0 Å². The molecule has 0 aromatic heterocycles. The van der Waals surface area contributed by atoms with Gasteiger partial charge in [0.2, 0.25) is 6.23 Å². The molecule has 2 atom stereocenters. The van der Waals surface area contributed by atoms with Gasteiger partial charge in [-0.25, -0.2) is 5.01 Å². The Hall–Kier alpha value is -2.50. The minimum Gasteiger partial charge on any atom is -0.492 e. The van der Waals surface area contributed by atoms with E-state index in [4.69, 9.17) is 26.2 Å². The number of hydrogen-bond acceptors (Lipinski definition) is 4. The summed E-state index contributed by atoms with van der Waals surface area (Å²) in [4.78, 5) is 0. The van der Waals surface area contributed by atoms with E-state index >= 15 is 0 Å².